The summed E-state index contributed by atoms with van der Waals surface area (Å²) in [4.78, 5) is 4.58. The number of fused-ring (bicyclic) bond motifs is 1. The highest BCUT2D eigenvalue weighted by Gasteiger charge is 2.35. The number of nitrogens with one attached hydrogen (secondary N) is 1. The Balaban J connectivity index is 1.65. The van der Waals surface area contributed by atoms with Gasteiger partial charge in [0.25, 0.3) is 5.89 Å². The minimum absolute atomic E-state index is 0.404. The fraction of sp³-hybridized carbons (Fsp3) is 0.500. The molecular formula is C16H19N3O2. The van der Waals surface area contributed by atoms with Crippen molar-refractivity contribution in [3.8, 4) is 11.5 Å². The normalized spacial score (nSPS) is 25.0. The van der Waals surface area contributed by atoms with Gasteiger partial charge in [-0.2, -0.15) is 4.98 Å². The number of benzene rings is 1. The zero-order valence-corrected chi connectivity index (χ0v) is 12.2. The summed E-state index contributed by atoms with van der Waals surface area (Å²) in [6, 6.07) is 6.32. The van der Waals surface area contributed by atoms with Crippen LogP contribution in [0.4, 0.5) is 0 Å². The van der Waals surface area contributed by atoms with Gasteiger partial charge in [0, 0.05) is 25.3 Å². The molecule has 0 aliphatic carbocycles. The van der Waals surface area contributed by atoms with E-state index >= 15 is 0 Å². The van der Waals surface area contributed by atoms with Crippen LogP contribution in [-0.2, 0) is 23.4 Å². The van der Waals surface area contributed by atoms with Gasteiger partial charge in [-0.05, 0) is 49.4 Å². The Morgan fingerprint density at radius 1 is 1.19 bits per heavy atom. The number of rotatable bonds is 2. The topological polar surface area (TPSA) is 60.2 Å². The van der Waals surface area contributed by atoms with Gasteiger partial charge >= 0.3 is 0 Å². The summed E-state index contributed by atoms with van der Waals surface area (Å²) in [6.45, 7) is 4.67. The molecule has 110 valence electrons. The Labute approximate surface area is 123 Å². The molecule has 0 radical (unpaired) electrons. The maximum atomic E-state index is 5.88. The van der Waals surface area contributed by atoms with Crippen LogP contribution in [0.15, 0.2) is 22.7 Å². The molecule has 1 aromatic heterocycles. The van der Waals surface area contributed by atoms with Gasteiger partial charge < -0.3 is 14.6 Å². The zero-order chi connectivity index (χ0) is 14.3. The van der Waals surface area contributed by atoms with Gasteiger partial charge in [-0.15, -0.1) is 0 Å². The smallest absolute Gasteiger partial charge is 0.258 e. The molecule has 2 aromatic rings. The van der Waals surface area contributed by atoms with Gasteiger partial charge in [0.1, 0.15) is 5.60 Å². The van der Waals surface area contributed by atoms with Crippen molar-refractivity contribution in [2.75, 3.05) is 6.61 Å². The largest absolute Gasteiger partial charge is 0.367 e. The molecule has 0 amide bonds. The molecule has 4 rings (SSSR count). The van der Waals surface area contributed by atoms with Gasteiger partial charge in [-0.3, -0.25) is 0 Å². The third-order valence-electron chi connectivity index (χ3n) is 4.45. The van der Waals surface area contributed by atoms with Crippen LogP contribution < -0.4 is 5.32 Å². The van der Waals surface area contributed by atoms with E-state index in [1.54, 1.807) is 0 Å². The summed E-state index contributed by atoms with van der Waals surface area (Å²) < 4.78 is 11.3. The van der Waals surface area contributed by atoms with Gasteiger partial charge in [-0.1, -0.05) is 11.2 Å². The molecule has 0 bridgehead atoms. The second-order valence-corrected chi connectivity index (χ2v) is 6.05. The van der Waals surface area contributed by atoms with Crippen molar-refractivity contribution in [1.29, 1.82) is 0 Å². The highest BCUT2D eigenvalue weighted by Crippen LogP contribution is 2.34. The van der Waals surface area contributed by atoms with Crippen molar-refractivity contribution in [2.24, 2.45) is 0 Å². The Morgan fingerprint density at radius 3 is 2.95 bits per heavy atom. The molecule has 1 fully saturated rings. The second kappa shape index (κ2) is 4.93. The molecule has 1 saturated heterocycles. The quantitative estimate of drug-likeness (QED) is 0.919. The first-order valence-corrected chi connectivity index (χ1v) is 7.56. The third kappa shape index (κ3) is 2.26. The van der Waals surface area contributed by atoms with Crippen molar-refractivity contribution in [3.63, 3.8) is 0 Å². The van der Waals surface area contributed by atoms with Crippen LogP contribution >= 0.6 is 0 Å². The Hall–Kier alpha value is -1.72. The number of ether oxygens (including phenoxy) is 1. The molecule has 1 unspecified atom stereocenters. The summed E-state index contributed by atoms with van der Waals surface area (Å²) in [5, 5.41) is 7.50. The van der Waals surface area contributed by atoms with E-state index in [4.69, 9.17) is 9.26 Å². The molecule has 1 aromatic carbocycles. The SMILES string of the molecule is CC1(c2noc(-c3ccc4c(c3)CNC4)n2)CCCCO1. The minimum atomic E-state index is -0.404. The molecule has 5 heteroatoms. The van der Waals surface area contributed by atoms with Crippen molar-refractivity contribution in [3.05, 3.63) is 35.2 Å². The Bertz CT molecular complexity index is 659. The van der Waals surface area contributed by atoms with E-state index in [1.807, 2.05) is 13.0 Å². The maximum Gasteiger partial charge on any atom is 0.258 e. The average Bonchev–Trinajstić information content (AvgIpc) is 3.17. The highest BCUT2D eigenvalue weighted by atomic mass is 16.5. The van der Waals surface area contributed by atoms with Crippen LogP contribution in [0, 0.1) is 0 Å². The summed E-state index contributed by atoms with van der Waals surface area (Å²) in [5.74, 6) is 1.24. The lowest BCUT2D eigenvalue weighted by molar-refractivity contribution is -0.0770. The lowest BCUT2D eigenvalue weighted by Crippen LogP contribution is -2.31. The van der Waals surface area contributed by atoms with E-state index in [-0.39, 0.29) is 0 Å². The number of aromatic nitrogens is 2. The van der Waals surface area contributed by atoms with Crippen molar-refractivity contribution >= 4 is 0 Å². The molecule has 1 N–H and O–H groups in total. The van der Waals surface area contributed by atoms with Crippen molar-refractivity contribution in [1.82, 2.24) is 15.5 Å². The summed E-state index contributed by atoms with van der Waals surface area (Å²) in [7, 11) is 0. The van der Waals surface area contributed by atoms with Crippen LogP contribution in [-0.4, -0.2) is 16.7 Å². The van der Waals surface area contributed by atoms with Crippen LogP contribution in [0.1, 0.15) is 43.1 Å². The lowest BCUT2D eigenvalue weighted by Gasteiger charge is -2.30. The predicted molar refractivity (Wildman–Crippen MR) is 77.4 cm³/mol. The minimum Gasteiger partial charge on any atom is -0.367 e. The van der Waals surface area contributed by atoms with E-state index in [9.17, 15) is 0 Å². The summed E-state index contributed by atoms with van der Waals surface area (Å²) in [5.41, 5.74) is 3.24. The number of hydrogen-bond donors (Lipinski definition) is 1. The monoisotopic (exact) mass is 285 g/mol. The number of nitrogens with zero attached hydrogens (tertiary/aromatic N) is 2. The standard InChI is InChI=1S/C16H19N3O2/c1-16(6-2-3-7-20-16)15-18-14(21-19-15)11-4-5-12-9-17-10-13(12)8-11/h4-5,8,17H,2-3,6-7,9-10H2,1H3. The predicted octanol–water partition coefficient (Wildman–Crippen LogP) is 2.76. The van der Waals surface area contributed by atoms with E-state index in [0.29, 0.717) is 11.7 Å². The van der Waals surface area contributed by atoms with Gasteiger partial charge in [0.05, 0.1) is 0 Å². The van der Waals surface area contributed by atoms with Gasteiger partial charge in [-0.25, -0.2) is 0 Å². The lowest BCUT2D eigenvalue weighted by atomic mass is 9.95. The fourth-order valence-corrected chi connectivity index (χ4v) is 3.09. The first-order valence-electron chi connectivity index (χ1n) is 7.56. The average molecular weight is 285 g/mol. The summed E-state index contributed by atoms with van der Waals surface area (Å²) >= 11 is 0. The Morgan fingerprint density at radius 2 is 2.10 bits per heavy atom. The molecule has 0 saturated carbocycles. The van der Waals surface area contributed by atoms with Crippen LogP contribution in [0.3, 0.4) is 0 Å². The molecule has 21 heavy (non-hydrogen) atoms. The molecule has 2 aliphatic rings. The first kappa shape index (κ1) is 13.0. The van der Waals surface area contributed by atoms with Crippen molar-refractivity contribution < 1.29 is 9.26 Å². The van der Waals surface area contributed by atoms with Crippen LogP contribution in [0.5, 0.6) is 0 Å². The van der Waals surface area contributed by atoms with Gasteiger partial charge in [0.2, 0.25) is 5.82 Å². The van der Waals surface area contributed by atoms with Crippen LogP contribution in [0.2, 0.25) is 0 Å². The Kier molecular flexibility index (Phi) is 3.05. The van der Waals surface area contributed by atoms with E-state index in [0.717, 1.165) is 44.5 Å². The van der Waals surface area contributed by atoms with E-state index < -0.39 is 5.60 Å². The zero-order valence-electron chi connectivity index (χ0n) is 12.2. The van der Waals surface area contributed by atoms with Crippen molar-refractivity contribution in [2.45, 2.75) is 44.9 Å². The molecule has 1 atom stereocenters. The third-order valence-corrected chi connectivity index (χ3v) is 4.45. The van der Waals surface area contributed by atoms with Crippen LogP contribution in [0.25, 0.3) is 11.5 Å². The maximum absolute atomic E-state index is 5.88. The van der Waals surface area contributed by atoms with E-state index in [2.05, 4.69) is 27.6 Å². The fourth-order valence-electron chi connectivity index (χ4n) is 3.09. The molecule has 3 heterocycles. The van der Waals surface area contributed by atoms with Gasteiger partial charge in [0.15, 0.2) is 0 Å². The summed E-state index contributed by atoms with van der Waals surface area (Å²) in [6.07, 6.45) is 3.20. The molecule has 5 nitrogen and oxygen atoms in total. The first-order chi connectivity index (χ1) is 10.2. The number of hydrogen-bond acceptors (Lipinski definition) is 5. The molecule has 2 aliphatic heterocycles. The molecular weight excluding hydrogens is 266 g/mol. The van der Waals surface area contributed by atoms with E-state index in [1.165, 1.54) is 11.1 Å². The second-order valence-electron chi connectivity index (χ2n) is 6.05. The highest BCUT2D eigenvalue weighted by molar-refractivity contribution is 5.56. The molecule has 0 spiro atoms.